The molecule has 13 heavy (non-hydrogen) atoms. The molecule has 0 aromatic rings. The second-order valence-electron chi connectivity index (χ2n) is 1.71. The van der Waals surface area contributed by atoms with E-state index in [1.165, 1.54) is 0 Å². The number of hydrogen-bond acceptors (Lipinski definition) is 4. The van der Waals surface area contributed by atoms with Crippen LogP contribution in [-0.4, -0.2) is 35.2 Å². The van der Waals surface area contributed by atoms with Crippen LogP contribution in [0.2, 0.25) is 0 Å². The molecule has 0 unspecified atom stereocenters. The molecule has 0 fully saturated rings. The van der Waals surface area contributed by atoms with Crippen LogP contribution in [0.5, 0.6) is 0 Å². The van der Waals surface area contributed by atoms with Gasteiger partial charge < -0.3 is 15.9 Å². The van der Waals surface area contributed by atoms with E-state index in [-0.39, 0.29) is 0 Å². The van der Waals surface area contributed by atoms with Crippen molar-refractivity contribution in [2.75, 3.05) is 13.1 Å². The van der Waals surface area contributed by atoms with Crippen LogP contribution in [0.3, 0.4) is 0 Å². The number of hydrogen-bond donors (Lipinski definition) is 4. The molecular weight excluding hydrogens is 200 g/mol. The van der Waals surface area contributed by atoms with E-state index in [2.05, 4.69) is 4.84 Å². The molecule has 0 spiro atoms. The van der Waals surface area contributed by atoms with E-state index in [1.807, 2.05) is 0 Å². The fraction of sp³-hybridized carbons (Fsp3) is 0.667. The van der Waals surface area contributed by atoms with E-state index in [0.29, 0.717) is 13.1 Å². The third kappa shape index (κ3) is 706. The second kappa shape index (κ2) is 17.3. The van der Waals surface area contributed by atoms with Crippen molar-refractivity contribution in [3.63, 3.8) is 0 Å². The molecule has 0 radical (unpaired) electrons. The minimum absolute atomic E-state index is 0.601. The number of nitrogens with one attached hydrogen (secondary N) is 1. The summed E-state index contributed by atoms with van der Waals surface area (Å²) in [7, 11) is 0. The highest BCUT2D eigenvalue weighted by Crippen LogP contribution is 1.52. The summed E-state index contributed by atoms with van der Waals surface area (Å²) in [6.07, 6.45) is 0. The Bertz CT molecular complexity index is 110. The summed E-state index contributed by atoms with van der Waals surface area (Å²) in [5.74, 6) is -1.67. The van der Waals surface area contributed by atoms with Gasteiger partial charge in [-0.3, -0.25) is 9.59 Å². The molecule has 0 heterocycles. The van der Waals surface area contributed by atoms with Gasteiger partial charge in [-0.25, -0.2) is 4.84 Å². The summed E-state index contributed by atoms with van der Waals surface area (Å²) in [6, 6.07) is 0. The Morgan fingerprint density at radius 1 is 1.31 bits per heavy atom. The predicted molar refractivity (Wildman–Crippen MR) is 49.5 cm³/mol. The van der Waals surface area contributed by atoms with Crippen molar-refractivity contribution in [3.8, 4) is 0 Å². The number of carboxylic acids is 2. The summed E-state index contributed by atoms with van der Waals surface area (Å²) in [5.41, 5.74) is 4.99. The van der Waals surface area contributed by atoms with Crippen molar-refractivity contribution >= 4 is 23.7 Å². The van der Waals surface area contributed by atoms with Crippen molar-refractivity contribution in [2.45, 2.75) is 13.8 Å². The minimum atomic E-state index is -0.833. The van der Waals surface area contributed by atoms with E-state index in [0.717, 1.165) is 13.8 Å². The Labute approximate surface area is 81.8 Å². The van der Waals surface area contributed by atoms with Crippen LogP contribution >= 0.6 is 11.8 Å². The Balaban J connectivity index is -0.000000117. The molecule has 0 atom stereocenters. The average molecular weight is 215 g/mol. The van der Waals surface area contributed by atoms with Crippen LogP contribution < -0.4 is 10.6 Å². The minimum Gasteiger partial charge on any atom is -0.481 e. The number of carboxylic acid groups (broad SMARTS) is 2. The van der Waals surface area contributed by atoms with Gasteiger partial charge in [0.1, 0.15) is 0 Å². The highest BCUT2D eigenvalue weighted by atomic mass is 35.5. The summed E-state index contributed by atoms with van der Waals surface area (Å²) >= 11 is 4.97. The Morgan fingerprint density at radius 2 is 1.54 bits per heavy atom. The first-order chi connectivity index (χ1) is 5.88. The van der Waals surface area contributed by atoms with Crippen molar-refractivity contribution < 1.29 is 19.8 Å². The van der Waals surface area contributed by atoms with Gasteiger partial charge in [0.25, 0.3) is 11.9 Å². The van der Waals surface area contributed by atoms with Crippen LogP contribution in [0.15, 0.2) is 0 Å². The molecule has 6 nitrogen and oxygen atoms in total. The lowest BCUT2D eigenvalue weighted by Crippen LogP contribution is -2.13. The van der Waals surface area contributed by atoms with Crippen LogP contribution in [0.4, 0.5) is 0 Å². The van der Waals surface area contributed by atoms with E-state index >= 15 is 0 Å². The molecule has 0 aromatic heterocycles. The quantitative estimate of drug-likeness (QED) is 0.477. The molecule has 0 bridgehead atoms. The van der Waals surface area contributed by atoms with Gasteiger partial charge in [-0.1, -0.05) is 0 Å². The molecule has 0 aliphatic heterocycles. The summed E-state index contributed by atoms with van der Waals surface area (Å²) < 4.78 is 0. The molecule has 0 rings (SSSR count). The van der Waals surface area contributed by atoms with Gasteiger partial charge in [-0.2, -0.15) is 0 Å². The summed E-state index contributed by atoms with van der Waals surface area (Å²) in [6.45, 7) is 3.45. The fourth-order valence-electron chi connectivity index (χ4n) is 0.0546. The van der Waals surface area contributed by atoms with Crippen molar-refractivity contribution in [3.05, 3.63) is 0 Å². The van der Waals surface area contributed by atoms with Gasteiger partial charge >= 0.3 is 0 Å². The molecule has 80 valence electrons. The molecule has 0 aliphatic rings. The van der Waals surface area contributed by atoms with E-state index < -0.39 is 11.9 Å². The lowest BCUT2D eigenvalue weighted by atomic mass is 10.7. The van der Waals surface area contributed by atoms with Gasteiger partial charge in [0.15, 0.2) is 0 Å². The van der Waals surface area contributed by atoms with Crippen LogP contribution in [0.25, 0.3) is 0 Å². The maximum Gasteiger partial charge on any atom is 0.300 e. The lowest BCUT2D eigenvalue weighted by Gasteiger charge is -1.82. The number of halogens is 1. The van der Waals surface area contributed by atoms with Crippen molar-refractivity contribution in [1.82, 2.24) is 4.84 Å². The number of aliphatic carboxylic acids is 2. The molecule has 0 aliphatic carbocycles. The van der Waals surface area contributed by atoms with Crippen LogP contribution in [-0.2, 0) is 9.59 Å². The Morgan fingerprint density at radius 3 is 1.54 bits per heavy atom. The maximum absolute atomic E-state index is 9.00. The zero-order valence-electron chi connectivity index (χ0n) is 7.58. The topological polar surface area (TPSA) is 113 Å². The fourth-order valence-corrected chi connectivity index (χ4v) is 0.164. The van der Waals surface area contributed by atoms with Crippen LogP contribution in [0.1, 0.15) is 13.8 Å². The van der Waals surface area contributed by atoms with E-state index in [9.17, 15) is 0 Å². The molecule has 0 saturated heterocycles. The smallest absolute Gasteiger partial charge is 0.300 e. The molecule has 0 amide bonds. The van der Waals surface area contributed by atoms with Crippen molar-refractivity contribution in [1.29, 1.82) is 0 Å². The molecule has 0 saturated carbocycles. The number of carbonyl (C=O) groups is 2. The van der Waals surface area contributed by atoms with Gasteiger partial charge in [0.05, 0.1) is 0 Å². The highest BCUT2D eigenvalue weighted by molar-refractivity contribution is 6.13. The second-order valence-corrected chi connectivity index (χ2v) is 1.98. The normalized spacial score (nSPS) is 7.08. The standard InChI is InChI=1S/C2H7ClN2.2C2H4O2/c3-5-2-1-4;2*1-2(3)4/h5H,1-2,4H2;2*1H3,(H,3,4). The van der Waals surface area contributed by atoms with Crippen LogP contribution in [0, 0.1) is 0 Å². The first-order valence-electron chi connectivity index (χ1n) is 3.31. The first-order valence-corrected chi connectivity index (χ1v) is 3.68. The maximum atomic E-state index is 9.00. The Hall–Kier alpha value is -0.850. The lowest BCUT2D eigenvalue weighted by molar-refractivity contribution is -0.135. The van der Waals surface area contributed by atoms with E-state index in [1.54, 1.807) is 0 Å². The molecule has 5 N–H and O–H groups in total. The molecule has 7 heteroatoms. The number of nitrogens with two attached hydrogens (primary N) is 1. The summed E-state index contributed by atoms with van der Waals surface area (Å²) in [4.78, 5) is 20.4. The third-order valence-corrected chi connectivity index (χ3v) is 0.428. The summed E-state index contributed by atoms with van der Waals surface area (Å²) in [5, 5.41) is 14.8. The first kappa shape index (κ1) is 18.0. The zero-order valence-corrected chi connectivity index (χ0v) is 8.34. The van der Waals surface area contributed by atoms with Gasteiger partial charge in [-0.15, -0.1) is 0 Å². The zero-order chi connectivity index (χ0) is 11.3. The van der Waals surface area contributed by atoms with Gasteiger partial charge in [-0.05, 0) is 11.8 Å². The SMILES string of the molecule is CC(=O)O.CC(=O)O.NCCNCl. The Kier molecular flexibility index (Phi) is 24.0. The monoisotopic (exact) mass is 214 g/mol. The van der Waals surface area contributed by atoms with Crippen molar-refractivity contribution in [2.24, 2.45) is 5.73 Å². The average Bonchev–Trinajstić information content (AvgIpc) is 1.86. The largest absolute Gasteiger partial charge is 0.481 e. The highest BCUT2D eigenvalue weighted by Gasteiger charge is 1.67. The predicted octanol–water partition coefficient (Wildman–Crippen LogP) is -0.130. The van der Waals surface area contributed by atoms with Gasteiger partial charge in [0, 0.05) is 26.9 Å². The third-order valence-electron chi connectivity index (χ3n) is 0.239. The van der Waals surface area contributed by atoms with Gasteiger partial charge in [0.2, 0.25) is 0 Å². The van der Waals surface area contributed by atoms with E-state index in [4.69, 9.17) is 37.3 Å². The molecule has 0 aromatic carbocycles. The number of rotatable bonds is 2. The molecular formula is C6H15ClN2O4.